The van der Waals surface area contributed by atoms with Gasteiger partial charge in [-0.1, -0.05) is 0 Å². The Hall–Kier alpha value is -2.05. The van der Waals surface area contributed by atoms with E-state index in [0.717, 1.165) is 42.0 Å². The summed E-state index contributed by atoms with van der Waals surface area (Å²) in [6.07, 6.45) is 5.18. The van der Waals surface area contributed by atoms with Crippen molar-refractivity contribution in [1.29, 1.82) is 0 Å². The number of ether oxygens (including phenoxy) is 1. The first-order valence-electron chi connectivity index (χ1n) is 8.30. The van der Waals surface area contributed by atoms with Gasteiger partial charge in [0.25, 0.3) is 5.91 Å². The summed E-state index contributed by atoms with van der Waals surface area (Å²) >= 11 is 1.67. The average molecular weight is 344 g/mol. The van der Waals surface area contributed by atoms with Crippen molar-refractivity contribution in [1.82, 2.24) is 9.88 Å². The van der Waals surface area contributed by atoms with E-state index in [1.54, 1.807) is 17.6 Å². The molecule has 1 atom stereocenters. The molecule has 1 aliphatic rings. The normalized spacial score (nSPS) is 18.1. The van der Waals surface area contributed by atoms with Crippen molar-refractivity contribution in [3.63, 3.8) is 0 Å². The standard InChI is InChI=1S/C18H20N2O3S/c21-17(19-11-14-5-3-8-22-14)16-10-13-6-9-24-18(13)20(16)12-15-4-1-2-7-23-15/h3,5-6,8-10,15H,1-2,4,7,11-12H2,(H,19,21)/t15-/m0/s1. The minimum atomic E-state index is -0.0781. The van der Waals surface area contributed by atoms with Crippen LogP contribution in [0.2, 0.25) is 0 Å². The molecule has 1 aliphatic heterocycles. The van der Waals surface area contributed by atoms with Gasteiger partial charge in [0.2, 0.25) is 0 Å². The van der Waals surface area contributed by atoms with Gasteiger partial charge in [-0.3, -0.25) is 4.79 Å². The van der Waals surface area contributed by atoms with Gasteiger partial charge < -0.3 is 19.0 Å². The number of nitrogens with zero attached hydrogens (tertiary/aromatic N) is 1. The highest BCUT2D eigenvalue weighted by atomic mass is 32.1. The van der Waals surface area contributed by atoms with Gasteiger partial charge >= 0.3 is 0 Å². The number of furan rings is 1. The molecule has 0 spiro atoms. The van der Waals surface area contributed by atoms with Crippen molar-refractivity contribution in [2.45, 2.75) is 38.5 Å². The lowest BCUT2D eigenvalue weighted by Gasteiger charge is -2.24. The van der Waals surface area contributed by atoms with E-state index >= 15 is 0 Å². The van der Waals surface area contributed by atoms with Crippen LogP contribution in [0.25, 0.3) is 10.2 Å². The van der Waals surface area contributed by atoms with Gasteiger partial charge in [-0.2, -0.15) is 0 Å². The van der Waals surface area contributed by atoms with Gasteiger partial charge in [0.05, 0.1) is 25.5 Å². The molecule has 1 N–H and O–H groups in total. The molecule has 4 rings (SSSR count). The molecule has 0 unspecified atom stereocenters. The largest absolute Gasteiger partial charge is 0.467 e. The Morgan fingerprint density at radius 2 is 2.33 bits per heavy atom. The monoisotopic (exact) mass is 344 g/mol. The van der Waals surface area contributed by atoms with E-state index in [0.29, 0.717) is 12.2 Å². The summed E-state index contributed by atoms with van der Waals surface area (Å²) in [5, 5.41) is 6.11. The molecule has 3 aromatic heterocycles. The van der Waals surface area contributed by atoms with Crippen LogP contribution in [0.3, 0.4) is 0 Å². The summed E-state index contributed by atoms with van der Waals surface area (Å²) in [4.78, 5) is 13.8. The highest BCUT2D eigenvalue weighted by Crippen LogP contribution is 2.27. The van der Waals surface area contributed by atoms with Gasteiger partial charge in [0.15, 0.2) is 0 Å². The molecule has 126 valence electrons. The van der Waals surface area contributed by atoms with Crippen LogP contribution in [0.5, 0.6) is 0 Å². The molecule has 0 radical (unpaired) electrons. The number of nitrogens with one attached hydrogen (secondary N) is 1. The van der Waals surface area contributed by atoms with Crippen LogP contribution in [0.15, 0.2) is 40.3 Å². The summed E-state index contributed by atoms with van der Waals surface area (Å²) < 4.78 is 13.2. The molecule has 3 aromatic rings. The molecule has 6 heteroatoms. The molecular formula is C18H20N2O3S. The zero-order valence-corrected chi connectivity index (χ0v) is 14.2. The predicted octanol–water partition coefficient (Wildman–Crippen LogP) is 3.79. The molecule has 24 heavy (non-hydrogen) atoms. The number of aromatic nitrogens is 1. The lowest BCUT2D eigenvalue weighted by Crippen LogP contribution is -2.29. The Balaban J connectivity index is 1.55. The second-order valence-electron chi connectivity index (χ2n) is 6.07. The zero-order valence-electron chi connectivity index (χ0n) is 13.4. The predicted molar refractivity (Wildman–Crippen MR) is 93.3 cm³/mol. The SMILES string of the molecule is O=C(NCc1ccco1)c1cc2ccsc2n1C[C@@H]1CCCCO1. The van der Waals surface area contributed by atoms with Crippen LogP contribution in [-0.2, 0) is 17.8 Å². The summed E-state index contributed by atoms with van der Waals surface area (Å²) in [5.41, 5.74) is 0.692. The quantitative estimate of drug-likeness (QED) is 0.766. The average Bonchev–Trinajstić information content (AvgIpc) is 3.32. The van der Waals surface area contributed by atoms with Crippen LogP contribution in [0.1, 0.15) is 35.5 Å². The lowest BCUT2D eigenvalue weighted by atomic mass is 10.1. The number of amides is 1. The Labute approximate surface area is 144 Å². The molecule has 1 saturated heterocycles. The van der Waals surface area contributed by atoms with E-state index in [-0.39, 0.29) is 12.0 Å². The van der Waals surface area contributed by atoms with E-state index in [4.69, 9.17) is 9.15 Å². The van der Waals surface area contributed by atoms with Gasteiger partial charge in [-0.15, -0.1) is 11.3 Å². The third-order valence-corrected chi connectivity index (χ3v) is 5.35. The van der Waals surface area contributed by atoms with E-state index in [1.165, 1.54) is 6.42 Å². The first kappa shape index (κ1) is 15.5. The van der Waals surface area contributed by atoms with E-state index < -0.39 is 0 Å². The first-order chi connectivity index (χ1) is 11.8. The number of thiophene rings is 1. The van der Waals surface area contributed by atoms with Crippen LogP contribution < -0.4 is 5.32 Å². The van der Waals surface area contributed by atoms with Gasteiger partial charge in [-0.25, -0.2) is 0 Å². The topological polar surface area (TPSA) is 56.4 Å². The molecule has 1 fully saturated rings. The van der Waals surface area contributed by atoms with Crippen LogP contribution in [0.4, 0.5) is 0 Å². The fraction of sp³-hybridized carbons (Fsp3) is 0.389. The van der Waals surface area contributed by atoms with Gasteiger partial charge in [0, 0.05) is 12.0 Å². The number of hydrogen-bond donors (Lipinski definition) is 1. The van der Waals surface area contributed by atoms with E-state index in [1.807, 2.05) is 18.2 Å². The third kappa shape index (κ3) is 3.12. The molecule has 0 aromatic carbocycles. The molecule has 0 aliphatic carbocycles. The van der Waals surface area contributed by atoms with Crippen molar-refractivity contribution in [3.8, 4) is 0 Å². The van der Waals surface area contributed by atoms with Crippen LogP contribution in [-0.4, -0.2) is 23.2 Å². The minimum Gasteiger partial charge on any atom is -0.467 e. The maximum atomic E-state index is 12.7. The maximum absolute atomic E-state index is 12.7. The van der Waals surface area contributed by atoms with Crippen molar-refractivity contribution >= 4 is 27.5 Å². The maximum Gasteiger partial charge on any atom is 0.268 e. The second kappa shape index (κ2) is 6.83. The summed E-state index contributed by atoms with van der Waals surface area (Å²) in [5.74, 6) is 0.671. The number of carbonyl (C=O) groups is 1. The Bertz CT molecular complexity index is 813. The third-order valence-electron chi connectivity index (χ3n) is 4.40. The number of hydrogen-bond acceptors (Lipinski definition) is 4. The number of rotatable bonds is 5. The molecule has 0 bridgehead atoms. The fourth-order valence-corrected chi connectivity index (χ4v) is 4.08. The van der Waals surface area contributed by atoms with Crippen LogP contribution >= 0.6 is 11.3 Å². The van der Waals surface area contributed by atoms with E-state index in [2.05, 4.69) is 21.3 Å². The zero-order chi connectivity index (χ0) is 16.4. The fourth-order valence-electron chi connectivity index (χ4n) is 3.17. The Morgan fingerprint density at radius 1 is 1.38 bits per heavy atom. The van der Waals surface area contributed by atoms with Crippen molar-refractivity contribution < 1.29 is 13.9 Å². The molecule has 4 heterocycles. The molecule has 0 saturated carbocycles. The molecule has 5 nitrogen and oxygen atoms in total. The van der Waals surface area contributed by atoms with E-state index in [9.17, 15) is 4.79 Å². The van der Waals surface area contributed by atoms with Gasteiger partial charge in [0.1, 0.15) is 16.3 Å². The minimum absolute atomic E-state index is 0.0781. The number of fused-ring (bicyclic) bond motifs is 1. The van der Waals surface area contributed by atoms with Crippen molar-refractivity contribution in [2.24, 2.45) is 0 Å². The van der Waals surface area contributed by atoms with Crippen molar-refractivity contribution in [2.75, 3.05) is 6.61 Å². The van der Waals surface area contributed by atoms with Gasteiger partial charge in [-0.05, 0) is 48.9 Å². The number of carbonyl (C=O) groups excluding carboxylic acids is 1. The highest BCUT2D eigenvalue weighted by molar-refractivity contribution is 7.16. The first-order valence-corrected chi connectivity index (χ1v) is 9.18. The summed E-state index contributed by atoms with van der Waals surface area (Å²) in [7, 11) is 0. The smallest absolute Gasteiger partial charge is 0.268 e. The molecular weight excluding hydrogens is 324 g/mol. The highest BCUT2D eigenvalue weighted by Gasteiger charge is 2.21. The Morgan fingerprint density at radius 3 is 3.12 bits per heavy atom. The van der Waals surface area contributed by atoms with Crippen LogP contribution in [0, 0.1) is 0 Å². The summed E-state index contributed by atoms with van der Waals surface area (Å²) in [6.45, 7) is 1.94. The summed E-state index contributed by atoms with van der Waals surface area (Å²) in [6, 6.07) is 7.70. The lowest BCUT2D eigenvalue weighted by molar-refractivity contribution is 0.00644. The van der Waals surface area contributed by atoms with Crippen molar-refractivity contribution in [3.05, 3.63) is 47.4 Å². The molecule has 1 amide bonds. The second-order valence-corrected chi connectivity index (χ2v) is 6.97. The Kier molecular flexibility index (Phi) is 4.40.